The molecule has 0 bridgehead atoms. The molecule has 0 unspecified atom stereocenters. The highest BCUT2D eigenvalue weighted by molar-refractivity contribution is 5.97. The van der Waals surface area contributed by atoms with Gasteiger partial charge in [0.05, 0.1) is 19.2 Å². The first kappa shape index (κ1) is 28.4. The number of nitrogens with two attached hydrogens (primary N) is 1. The maximum Gasteiger partial charge on any atom is 0.411 e. The number of carbonyl (C=O) groups excluding carboxylic acids is 2. The van der Waals surface area contributed by atoms with Gasteiger partial charge in [-0.3, -0.25) is 9.58 Å². The number of amides is 1. The van der Waals surface area contributed by atoms with E-state index in [1.807, 2.05) is 32.2 Å². The summed E-state index contributed by atoms with van der Waals surface area (Å²) in [5, 5.41) is 5.40. The Bertz CT molecular complexity index is 1380. The van der Waals surface area contributed by atoms with E-state index in [1.165, 1.54) is 24.1 Å². The topological polar surface area (TPSA) is 109 Å². The molecule has 1 amide bonds. The molecule has 1 aromatic heterocycles. The lowest BCUT2D eigenvalue weighted by Crippen LogP contribution is -2.44. The van der Waals surface area contributed by atoms with Crippen molar-refractivity contribution in [3.05, 3.63) is 47.9 Å². The Balaban J connectivity index is 1.67. The summed E-state index contributed by atoms with van der Waals surface area (Å²) in [7, 11) is 3.14. The average Bonchev–Trinajstić information content (AvgIpc) is 3.36. The predicted octanol–water partition coefficient (Wildman–Crippen LogP) is 4.59. The van der Waals surface area contributed by atoms with Crippen molar-refractivity contribution in [3.63, 3.8) is 0 Å². The molecule has 9 nitrogen and oxygen atoms in total. The van der Waals surface area contributed by atoms with Crippen LogP contribution in [0.2, 0.25) is 0 Å². The lowest BCUT2D eigenvalue weighted by atomic mass is 9.98. The maximum atomic E-state index is 14.7. The van der Waals surface area contributed by atoms with E-state index < -0.39 is 29.3 Å². The molecule has 0 saturated carbocycles. The molecule has 0 spiro atoms. The van der Waals surface area contributed by atoms with E-state index in [0.717, 1.165) is 23.1 Å². The Kier molecular flexibility index (Phi) is 7.88. The Morgan fingerprint density at radius 2 is 1.97 bits per heavy atom. The van der Waals surface area contributed by atoms with Crippen LogP contribution in [0.3, 0.4) is 0 Å². The van der Waals surface area contributed by atoms with Crippen molar-refractivity contribution in [1.82, 2.24) is 14.7 Å². The van der Waals surface area contributed by atoms with Crippen LogP contribution >= 0.6 is 0 Å². The van der Waals surface area contributed by atoms with Gasteiger partial charge in [-0.2, -0.15) is 5.10 Å². The van der Waals surface area contributed by atoms with Crippen LogP contribution in [0.4, 0.5) is 9.18 Å². The summed E-state index contributed by atoms with van der Waals surface area (Å²) in [4.78, 5) is 26.8. The number of nitrogens with zero attached hydrogens (tertiary/aromatic N) is 3. The van der Waals surface area contributed by atoms with E-state index in [-0.39, 0.29) is 18.8 Å². The SMILES string of the molecule is COC(=O)[C@@H]1C[C@](C)(Oc2cccc(-c3cc(F)cc4nn(C)c(CCCN)c34)c2)CN1C(=O)OC(C)(C)C. The van der Waals surface area contributed by atoms with Gasteiger partial charge < -0.3 is 19.9 Å². The summed E-state index contributed by atoms with van der Waals surface area (Å²) in [6.07, 6.45) is 1.11. The second kappa shape index (κ2) is 10.8. The molecule has 1 aliphatic heterocycles. The number of carbonyl (C=O) groups is 2. The van der Waals surface area contributed by atoms with Crippen LogP contribution in [0.25, 0.3) is 22.0 Å². The van der Waals surface area contributed by atoms with Gasteiger partial charge in [0.2, 0.25) is 0 Å². The highest BCUT2D eigenvalue weighted by Crippen LogP contribution is 2.37. The minimum atomic E-state index is -0.897. The van der Waals surface area contributed by atoms with Crippen LogP contribution < -0.4 is 10.5 Å². The smallest absolute Gasteiger partial charge is 0.411 e. The Labute approximate surface area is 228 Å². The molecular formula is C29H37FN4O5. The number of aromatic nitrogens is 2. The summed E-state index contributed by atoms with van der Waals surface area (Å²) in [5.74, 6) is -0.399. The average molecular weight is 541 g/mol. The molecule has 2 N–H and O–H groups in total. The number of fused-ring (bicyclic) bond motifs is 1. The first-order valence-electron chi connectivity index (χ1n) is 13.1. The van der Waals surface area contributed by atoms with Crippen LogP contribution in [0.5, 0.6) is 5.75 Å². The Hall–Kier alpha value is -3.66. The zero-order valence-electron chi connectivity index (χ0n) is 23.4. The van der Waals surface area contributed by atoms with E-state index >= 15 is 0 Å². The lowest BCUT2D eigenvalue weighted by Gasteiger charge is -2.28. The molecule has 1 aliphatic rings. The summed E-state index contributed by atoms with van der Waals surface area (Å²) in [6, 6.07) is 9.45. The number of likely N-dealkylation sites (tertiary alicyclic amines) is 1. The third kappa shape index (κ3) is 6.16. The summed E-state index contributed by atoms with van der Waals surface area (Å²) < 4.78 is 33.3. The first-order valence-corrected chi connectivity index (χ1v) is 13.1. The molecule has 2 aromatic carbocycles. The Morgan fingerprint density at radius 1 is 1.23 bits per heavy atom. The number of aryl methyl sites for hydroxylation is 2. The number of methoxy groups -OCH3 is 1. The summed E-state index contributed by atoms with van der Waals surface area (Å²) in [6.45, 7) is 7.81. The summed E-state index contributed by atoms with van der Waals surface area (Å²) in [5.41, 5.74) is 7.14. The molecule has 1 saturated heterocycles. The molecule has 39 heavy (non-hydrogen) atoms. The highest BCUT2D eigenvalue weighted by atomic mass is 19.1. The fourth-order valence-corrected chi connectivity index (χ4v) is 5.14. The third-order valence-electron chi connectivity index (χ3n) is 6.75. The second-order valence-electron chi connectivity index (χ2n) is 11.2. The van der Waals surface area contributed by atoms with Gasteiger partial charge in [0.1, 0.15) is 28.8 Å². The zero-order chi connectivity index (χ0) is 28.5. The van der Waals surface area contributed by atoms with E-state index in [1.54, 1.807) is 31.5 Å². The van der Waals surface area contributed by atoms with Gasteiger partial charge in [0.15, 0.2) is 0 Å². The lowest BCUT2D eigenvalue weighted by molar-refractivity contribution is -0.145. The van der Waals surface area contributed by atoms with Crippen molar-refractivity contribution in [2.75, 3.05) is 20.2 Å². The van der Waals surface area contributed by atoms with Crippen molar-refractivity contribution in [2.45, 2.75) is 64.2 Å². The maximum absolute atomic E-state index is 14.7. The molecule has 4 rings (SSSR count). The van der Waals surface area contributed by atoms with Crippen molar-refractivity contribution < 1.29 is 28.2 Å². The molecule has 0 radical (unpaired) electrons. The van der Waals surface area contributed by atoms with Crippen LogP contribution in [0, 0.1) is 5.82 Å². The van der Waals surface area contributed by atoms with Crippen LogP contribution in [0.15, 0.2) is 36.4 Å². The molecular weight excluding hydrogens is 503 g/mol. The molecule has 3 aromatic rings. The van der Waals surface area contributed by atoms with Gasteiger partial charge in [-0.1, -0.05) is 12.1 Å². The van der Waals surface area contributed by atoms with Crippen LogP contribution in [-0.2, 0) is 27.7 Å². The monoisotopic (exact) mass is 540 g/mol. The van der Waals surface area contributed by atoms with Crippen LogP contribution in [-0.4, -0.2) is 64.2 Å². The molecule has 2 heterocycles. The molecule has 10 heteroatoms. The van der Waals surface area contributed by atoms with E-state index in [4.69, 9.17) is 19.9 Å². The largest absolute Gasteiger partial charge is 0.486 e. The van der Waals surface area contributed by atoms with Gasteiger partial charge in [-0.05, 0) is 76.4 Å². The molecule has 2 atom stereocenters. The fourth-order valence-electron chi connectivity index (χ4n) is 5.14. The van der Waals surface area contributed by atoms with Crippen molar-refractivity contribution in [3.8, 4) is 16.9 Å². The van der Waals surface area contributed by atoms with E-state index in [9.17, 15) is 14.0 Å². The van der Waals surface area contributed by atoms with Gasteiger partial charge in [0.25, 0.3) is 0 Å². The molecule has 1 fully saturated rings. The molecule has 0 aliphatic carbocycles. The van der Waals surface area contributed by atoms with Gasteiger partial charge >= 0.3 is 12.1 Å². The van der Waals surface area contributed by atoms with Crippen molar-refractivity contribution in [2.24, 2.45) is 12.8 Å². The Morgan fingerprint density at radius 3 is 2.64 bits per heavy atom. The number of hydrogen-bond acceptors (Lipinski definition) is 7. The van der Waals surface area contributed by atoms with Gasteiger partial charge in [-0.15, -0.1) is 0 Å². The number of rotatable bonds is 7. The zero-order valence-corrected chi connectivity index (χ0v) is 23.4. The second-order valence-corrected chi connectivity index (χ2v) is 11.2. The number of esters is 1. The minimum absolute atomic E-state index is 0.127. The number of ether oxygens (including phenoxy) is 3. The third-order valence-corrected chi connectivity index (χ3v) is 6.75. The normalized spacial score (nSPS) is 19.4. The quantitative estimate of drug-likeness (QED) is 0.437. The number of benzene rings is 2. The summed E-state index contributed by atoms with van der Waals surface area (Å²) >= 11 is 0. The van der Waals surface area contributed by atoms with Gasteiger partial charge in [-0.25, -0.2) is 14.0 Å². The van der Waals surface area contributed by atoms with Crippen molar-refractivity contribution in [1.29, 1.82) is 0 Å². The molecule has 210 valence electrons. The standard InChI is InChI=1S/C29H37FN4O5/c1-28(2,3)39-27(36)34-17-29(4,16-24(34)26(35)37-6)38-20-10-7-9-18(13-20)21-14-19(30)15-22-25(21)23(11-8-12-31)33(5)32-22/h7,9-10,13-15,24H,8,11-12,16-17,31H2,1-6H3/t24-,29-/m0/s1. The first-order chi connectivity index (χ1) is 18.3. The van der Waals surface area contributed by atoms with Crippen molar-refractivity contribution >= 4 is 23.0 Å². The number of halogens is 1. The van der Waals surface area contributed by atoms with Crippen LogP contribution in [0.1, 0.15) is 46.2 Å². The fraction of sp³-hybridized carbons (Fsp3) is 0.483. The minimum Gasteiger partial charge on any atom is -0.486 e. The van der Waals surface area contributed by atoms with E-state index in [0.29, 0.717) is 29.8 Å². The van der Waals surface area contributed by atoms with E-state index in [2.05, 4.69) is 5.10 Å². The predicted molar refractivity (Wildman–Crippen MR) is 146 cm³/mol. The van der Waals surface area contributed by atoms with Gasteiger partial charge in [0, 0.05) is 30.6 Å². The highest BCUT2D eigenvalue weighted by Gasteiger charge is 2.49. The number of hydrogen-bond donors (Lipinski definition) is 1.